The van der Waals surface area contributed by atoms with Gasteiger partial charge >= 0.3 is 0 Å². The molecule has 0 aromatic heterocycles. The summed E-state index contributed by atoms with van der Waals surface area (Å²) in [6.45, 7) is 2.77. The van der Waals surface area contributed by atoms with Crippen LogP contribution in [0.25, 0.3) is 0 Å². The summed E-state index contributed by atoms with van der Waals surface area (Å²) < 4.78 is 16.3. The molecule has 0 spiro atoms. The Hall–Kier alpha value is -3.00. The first kappa shape index (κ1) is 22.7. The summed E-state index contributed by atoms with van der Waals surface area (Å²) in [4.78, 5) is 12.3. The molecule has 0 bridgehead atoms. The average Bonchev–Trinajstić information content (AvgIpc) is 3.14. The van der Waals surface area contributed by atoms with Crippen LogP contribution in [0.1, 0.15) is 30.9 Å². The van der Waals surface area contributed by atoms with E-state index in [1.807, 2.05) is 42.5 Å². The third kappa shape index (κ3) is 6.49. The Bertz CT molecular complexity index is 944. The fourth-order valence-corrected chi connectivity index (χ4v) is 3.89. The topological polar surface area (TPSA) is 81.5 Å². The lowest BCUT2D eigenvalue weighted by atomic mass is 10.1. The minimum atomic E-state index is -0.234. The van der Waals surface area contributed by atoms with Crippen molar-refractivity contribution in [2.75, 3.05) is 20.8 Å². The lowest BCUT2D eigenvalue weighted by Gasteiger charge is -2.10. The monoisotopic (exact) mass is 441 g/mol. The van der Waals surface area contributed by atoms with Gasteiger partial charge in [0.2, 0.25) is 5.91 Å². The van der Waals surface area contributed by atoms with Crippen molar-refractivity contribution >= 4 is 29.1 Å². The van der Waals surface area contributed by atoms with Crippen molar-refractivity contribution < 1.29 is 19.0 Å². The largest absolute Gasteiger partial charge is 0.497 e. The number of benzene rings is 2. The predicted octanol–water partition coefficient (Wildman–Crippen LogP) is 4.05. The number of thioether (sulfide) groups is 1. The molecule has 1 fully saturated rings. The van der Waals surface area contributed by atoms with Crippen LogP contribution in [0.15, 0.2) is 52.7 Å². The Balaban J connectivity index is 1.59. The number of rotatable bonds is 10. The molecule has 0 aliphatic carbocycles. The molecule has 7 nitrogen and oxygen atoms in total. The number of carbonyl (C=O) groups is 1. The van der Waals surface area contributed by atoms with E-state index in [9.17, 15) is 4.79 Å². The van der Waals surface area contributed by atoms with Crippen molar-refractivity contribution in [2.45, 2.75) is 31.4 Å². The Kier molecular flexibility index (Phi) is 8.35. The molecule has 1 amide bonds. The summed E-state index contributed by atoms with van der Waals surface area (Å²) in [5.41, 5.74) is 1.89. The van der Waals surface area contributed by atoms with E-state index in [0.29, 0.717) is 29.7 Å². The smallest absolute Gasteiger partial charge is 0.239 e. The fraction of sp³-hybridized carbons (Fsp3) is 0.348. The van der Waals surface area contributed by atoms with Crippen LogP contribution in [0, 0.1) is 0 Å². The van der Waals surface area contributed by atoms with Gasteiger partial charge in [-0.25, -0.2) is 0 Å². The predicted molar refractivity (Wildman–Crippen MR) is 125 cm³/mol. The van der Waals surface area contributed by atoms with E-state index in [1.54, 1.807) is 20.4 Å². The van der Waals surface area contributed by atoms with E-state index in [1.165, 1.54) is 11.8 Å². The van der Waals surface area contributed by atoms with Crippen molar-refractivity contribution in [3.05, 3.63) is 53.6 Å². The summed E-state index contributed by atoms with van der Waals surface area (Å²) in [7, 11) is 3.24. The minimum absolute atomic E-state index is 0.0648. The third-order valence-electron chi connectivity index (χ3n) is 4.66. The van der Waals surface area contributed by atoms with Crippen LogP contribution in [0.4, 0.5) is 0 Å². The van der Waals surface area contributed by atoms with Crippen LogP contribution in [-0.2, 0) is 11.2 Å². The molecule has 31 heavy (non-hydrogen) atoms. The Labute approximate surface area is 186 Å². The number of amides is 1. The first-order valence-electron chi connectivity index (χ1n) is 10.1. The summed E-state index contributed by atoms with van der Waals surface area (Å²) in [5, 5.41) is 11.3. The lowest BCUT2D eigenvalue weighted by Crippen LogP contribution is -2.25. The normalized spacial score (nSPS) is 17.2. The molecule has 8 heteroatoms. The number of carbonyl (C=O) groups excluding carboxylic acids is 1. The second kappa shape index (κ2) is 11.4. The zero-order valence-electron chi connectivity index (χ0n) is 18.0. The lowest BCUT2D eigenvalue weighted by molar-refractivity contribution is -0.118. The van der Waals surface area contributed by atoms with Crippen LogP contribution in [0.2, 0.25) is 0 Å². The molecule has 164 valence electrons. The number of nitrogens with zero attached hydrogens (tertiary/aromatic N) is 2. The zero-order chi connectivity index (χ0) is 22.1. The third-order valence-corrected chi connectivity index (χ3v) is 5.73. The number of nitrogens with one attached hydrogen (secondary N) is 1. The Morgan fingerprint density at radius 1 is 1.10 bits per heavy atom. The Morgan fingerprint density at radius 3 is 2.61 bits per heavy atom. The second-order valence-electron chi connectivity index (χ2n) is 6.91. The van der Waals surface area contributed by atoms with Gasteiger partial charge in [-0.15, -0.1) is 5.10 Å². The maximum atomic E-state index is 12.3. The van der Waals surface area contributed by atoms with E-state index in [-0.39, 0.29) is 11.2 Å². The molecule has 1 aliphatic heterocycles. The maximum Gasteiger partial charge on any atom is 0.239 e. The number of unbranched alkanes of at least 4 members (excludes halogenated alkanes) is 1. The number of ether oxygens (including phenoxy) is 3. The average molecular weight is 442 g/mol. The number of hydrogen-bond acceptors (Lipinski definition) is 7. The highest BCUT2D eigenvalue weighted by Gasteiger charge is 2.30. The van der Waals surface area contributed by atoms with Gasteiger partial charge in [-0.1, -0.05) is 37.2 Å². The fourth-order valence-electron chi connectivity index (χ4n) is 2.92. The molecule has 1 aliphatic rings. The van der Waals surface area contributed by atoms with Crippen molar-refractivity contribution in [1.82, 2.24) is 5.32 Å². The highest BCUT2D eigenvalue weighted by molar-refractivity contribution is 8.15. The molecule has 1 unspecified atom stereocenters. The number of amidine groups is 1. The number of methoxy groups -OCH3 is 2. The maximum absolute atomic E-state index is 12.3. The molecular formula is C23H27N3O4S. The van der Waals surface area contributed by atoms with Crippen LogP contribution >= 0.6 is 11.8 Å². The zero-order valence-corrected chi connectivity index (χ0v) is 18.8. The van der Waals surface area contributed by atoms with Crippen molar-refractivity contribution in [2.24, 2.45) is 10.2 Å². The summed E-state index contributed by atoms with van der Waals surface area (Å²) in [5.74, 6) is 2.08. The van der Waals surface area contributed by atoms with Crippen LogP contribution in [0.3, 0.4) is 0 Å². The van der Waals surface area contributed by atoms with Gasteiger partial charge in [-0.3, -0.25) is 4.79 Å². The van der Waals surface area contributed by atoms with Crippen LogP contribution in [0.5, 0.6) is 17.2 Å². The standard InChI is InChI=1S/C23H27N3O4S/c1-4-5-12-30-19-11-8-17(13-20(19)29-3)15-24-26-23-25-22(27)21(31-23)14-16-6-9-18(28-2)10-7-16/h6-11,13,15,21H,4-5,12,14H2,1-3H3,(H,25,26,27)/b24-15+. The van der Waals surface area contributed by atoms with Gasteiger partial charge in [0, 0.05) is 0 Å². The van der Waals surface area contributed by atoms with Crippen molar-refractivity contribution in [3.8, 4) is 17.2 Å². The van der Waals surface area contributed by atoms with Gasteiger partial charge in [0.15, 0.2) is 16.7 Å². The SMILES string of the molecule is CCCCOc1ccc(/C=N/N=C2\NC(=O)C(Cc3ccc(OC)cc3)S2)cc1OC. The van der Waals surface area contributed by atoms with E-state index in [2.05, 4.69) is 22.4 Å². The highest BCUT2D eigenvalue weighted by atomic mass is 32.2. The van der Waals surface area contributed by atoms with Gasteiger partial charge in [-0.05, 0) is 54.3 Å². The van der Waals surface area contributed by atoms with Gasteiger partial charge < -0.3 is 19.5 Å². The molecule has 3 rings (SSSR count). The van der Waals surface area contributed by atoms with E-state index >= 15 is 0 Å². The van der Waals surface area contributed by atoms with Gasteiger partial charge in [0.25, 0.3) is 0 Å². The van der Waals surface area contributed by atoms with E-state index < -0.39 is 0 Å². The van der Waals surface area contributed by atoms with Gasteiger partial charge in [0.05, 0.1) is 32.3 Å². The second-order valence-corrected chi connectivity index (χ2v) is 8.10. The molecule has 2 aromatic carbocycles. The van der Waals surface area contributed by atoms with Crippen molar-refractivity contribution in [3.63, 3.8) is 0 Å². The molecule has 0 radical (unpaired) electrons. The minimum Gasteiger partial charge on any atom is -0.497 e. The van der Waals surface area contributed by atoms with Crippen LogP contribution in [-0.4, -0.2) is 43.4 Å². The van der Waals surface area contributed by atoms with Crippen LogP contribution < -0.4 is 19.5 Å². The van der Waals surface area contributed by atoms with Gasteiger partial charge in [-0.2, -0.15) is 5.10 Å². The molecule has 1 atom stereocenters. The van der Waals surface area contributed by atoms with E-state index in [4.69, 9.17) is 14.2 Å². The molecular weight excluding hydrogens is 414 g/mol. The molecule has 0 saturated carbocycles. The molecule has 2 aromatic rings. The summed E-state index contributed by atoms with van der Waals surface area (Å²) in [6, 6.07) is 13.3. The van der Waals surface area contributed by atoms with Gasteiger partial charge in [0.1, 0.15) is 5.75 Å². The highest BCUT2D eigenvalue weighted by Crippen LogP contribution is 2.28. The summed E-state index contributed by atoms with van der Waals surface area (Å²) >= 11 is 1.38. The summed E-state index contributed by atoms with van der Waals surface area (Å²) in [6.07, 6.45) is 4.30. The molecule has 1 heterocycles. The van der Waals surface area contributed by atoms with Crippen molar-refractivity contribution in [1.29, 1.82) is 0 Å². The van der Waals surface area contributed by atoms with E-state index in [0.717, 1.165) is 29.7 Å². The number of hydrogen-bond donors (Lipinski definition) is 1. The first-order valence-corrected chi connectivity index (χ1v) is 11.0. The quantitative estimate of drug-likeness (QED) is 0.342. The first-order chi connectivity index (χ1) is 15.1. The molecule has 1 saturated heterocycles. The molecule has 1 N–H and O–H groups in total. The Morgan fingerprint density at radius 2 is 1.90 bits per heavy atom.